The van der Waals surface area contributed by atoms with Gasteiger partial charge in [0, 0.05) is 0 Å². The first kappa shape index (κ1) is 14.7. The number of hydrogen-bond donors (Lipinski definition) is 1. The van der Waals surface area contributed by atoms with Crippen LogP contribution in [0.5, 0.6) is 0 Å². The fourth-order valence-electron chi connectivity index (χ4n) is 0.988. The molecule has 0 aromatic rings. The van der Waals surface area contributed by atoms with Crippen molar-refractivity contribution < 1.29 is 23.8 Å². The summed E-state index contributed by atoms with van der Waals surface area (Å²) in [6.45, 7) is 5.18. The molecule has 0 heterocycles. The van der Waals surface area contributed by atoms with E-state index in [1.165, 1.54) is 6.92 Å². The van der Waals surface area contributed by atoms with Crippen LogP contribution in [0.25, 0.3) is 0 Å². The normalized spacial score (nSPS) is 13.1. The number of amides is 1. The summed E-state index contributed by atoms with van der Waals surface area (Å²) >= 11 is 0. The summed E-state index contributed by atoms with van der Waals surface area (Å²) in [5, 5.41) is 8.75. The molecule has 0 aromatic carbocycles. The van der Waals surface area contributed by atoms with Gasteiger partial charge in [0.25, 0.3) is 0 Å². The first-order chi connectivity index (χ1) is 7.19. The summed E-state index contributed by atoms with van der Waals surface area (Å²) in [6.07, 6.45) is -0.819. The zero-order valence-corrected chi connectivity index (χ0v) is 9.99. The molecule has 6 heteroatoms. The first-order valence-corrected chi connectivity index (χ1v) is 4.97. The second-order valence-corrected chi connectivity index (χ2v) is 4.38. The van der Waals surface area contributed by atoms with Gasteiger partial charge in [-0.3, -0.25) is 4.90 Å². The van der Waals surface area contributed by atoms with E-state index in [0.29, 0.717) is 0 Å². The topological polar surface area (TPSA) is 66.8 Å². The molecular weight excluding hydrogens is 217 g/mol. The molecule has 1 N–H and O–H groups in total. The van der Waals surface area contributed by atoms with Crippen molar-refractivity contribution >= 4 is 12.1 Å². The molecule has 0 aliphatic heterocycles. The summed E-state index contributed by atoms with van der Waals surface area (Å²) < 4.78 is 17.2. The molecule has 94 valence electrons. The van der Waals surface area contributed by atoms with Crippen molar-refractivity contribution in [3.05, 3.63) is 0 Å². The van der Waals surface area contributed by atoms with Gasteiger partial charge in [-0.25, -0.2) is 14.0 Å². The second kappa shape index (κ2) is 5.67. The summed E-state index contributed by atoms with van der Waals surface area (Å²) in [4.78, 5) is 23.1. The van der Waals surface area contributed by atoms with Crippen molar-refractivity contribution in [1.82, 2.24) is 4.90 Å². The number of hydrogen-bond acceptors (Lipinski definition) is 3. The number of rotatable bonds is 4. The zero-order chi connectivity index (χ0) is 12.9. The molecule has 1 amide bonds. The highest BCUT2D eigenvalue weighted by Crippen LogP contribution is 2.12. The SMILES string of the molecule is CC(C(=O)O)N(CCF)C(=O)OC(C)(C)C. The van der Waals surface area contributed by atoms with Crippen LogP contribution in [0, 0.1) is 0 Å². The molecule has 16 heavy (non-hydrogen) atoms. The molecule has 1 unspecified atom stereocenters. The maximum atomic E-state index is 12.2. The Morgan fingerprint density at radius 1 is 1.44 bits per heavy atom. The minimum Gasteiger partial charge on any atom is -0.480 e. The van der Waals surface area contributed by atoms with Crippen molar-refractivity contribution in [2.24, 2.45) is 0 Å². The smallest absolute Gasteiger partial charge is 0.411 e. The lowest BCUT2D eigenvalue weighted by molar-refractivity contribution is -0.142. The van der Waals surface area contributed by atoms with Gasteiger partial charge in [0.15, 0.2) is 0 Å². The Morgan fingerprint density at radius 3 is 2.25 bits per heavy atom. The van der Waals surface area contributed by atoms with Gasteiger partial charge < -0.3 is 9.84 Å². The van der Waals surface area contributed by atoms with Crippen LogP contribution in [-0.4, -0.2) is 46.9 Å². The highest BCUT2D eigenvalue weighted by molar-refractivity contribution is 5.79. The van der Waals surface area contributed by atoms with Crippen molar-refractivity contribution in [3.8, 4) is 0 Å². The predicted octanol–water partition coefficient (Wildman–Crippen LogP) is 1.67. The molecule has 0 aliphatic rings. The van der Waals surface area contributed by atoms with E-state index in [2.05, 4.69) is 0 Å². The summed E-state index contributed by atoms with van der Waals surface area (Å²) in [7, 11) is 0. The van der Waals surface area contributed by atoms with Gasteiger partial charge in [0.1, 0.15) is 18.3 Å². The van der Waals surface area contributed by atoms with Gasteiger partial charge in [-0.15, -0.1) is 0 Å². The molecule has 0 radical (unpaired) electrons. The predicted molar refractivity (Wildman–Crippen MR) is 56.0 cm³/mol. The van der Waals surface area contributed by atoms with Gasteiger partial charge >= 0.3 is 12.1 Å². The van der Waals surface area contributed by atoms with Crippen LogP contribution in [0.2, 0.25) is 0 Å². The van der Waals surface area contributed by atoms with Crippen LogP contribution in [0.3, 0.4) is 0 Å². The molecule has 0 fully saturated rings. The van der Waals surface area contributed by atoms with Gasteiger partial charge in [-0.05, 0) is 27.7 Å². The highest BCUT2D eigenvalue weighted by atomic mass is 19.1. The lowest BCUT2D eigenvalue weighted by Crippen LogP contribution is -2.46. The van der Waals surface area contributed by atoms with E-state index in [0.717, 1.165) is 4.90 Å². The summed E-state index contributed by atoms with van der Waals surface area (Å²) in [5.74, 6) is -1.20. The Morgan fingerprint density at radius 2 is 1.94 bits per heavy atom. The van der Waals surface area contributed by atoms with Crippen molar-refractivity contribution in [1.29, 1.82) is 0 Å². The van der Waals surface area contributed by atoms with Crippen LogP contribution in [-0.2, 0) is 9.53 Å². The van der Waals surface area contributed by atoms with Crippen LogP contribution < -0.4 is 0 Å². The fraction of sp³-hybridized carbons (Fsp3) is 0.800. The highest BCUT2D eigenvalue weighted by Gasteiger charge is 2.29. The number of nitrogens with zero attached hydrogens (tertiary/aromatic N) is 1. The van der Waals surface area contributed by atoms with Crippen LogP contribution in [0.4, 0.5) is 9.18 Å². The number of alkyl halides is 1. The van der Waals surface area contributed by atoms with E-state index in [1.54, 1.807) is 20.8 Å². The average molecular weight is 235 g/mol. The minimum absolute atomic E-state index is 0.289. The van der Waals surface area contributed by atoms with Gasteiger partial charge in [-0.2, -0.15) is 0 Å². The van der Waals surface area contributed by atoms with Gasteiger partial charge in [0.05, 0.1) is 6.54 Å². The molecule has 5 nitrogen and oxygen atoms in total. The maximum Gasteiger partial charge on any atom is 0.411 e. The van der Waals surface area contributed by atoms with Gasteiger partial charge in [0.2, 0.25) is 0 Å². The Balaban J connectivity index is 4.65. The Labute approximate surface area is 94.2 Å². The van der Waals surface area contributed by atoms with Crippen LogP contribution >= 0.6 is 0 Å². The third-order valence-corrected chi connectivity index (χ3v) is 1.78. The number of carbonyl (C=O) groups excluding carboxylic acids is 1. The molecule has 0 aromatic heterocycles. The maximum absolute atomic E-state index is 12.2. The standard InChI is InChI=1S/C10H18FNO4/c1-7(8(13)14)12(6-5-11)9(15)16-10(2,3)4/h7H,5-6H2,1-4H3,(H,13,14). The Kier molecular flexibility index (Phi) is 5.20. The van der Waals surface area contributed by atoms with E-state index < -0.39 is 30.4 Å². The summed E-state index contributed by atoms with van der Waals surface area (Å²) in [5.41, 5.74) is -0.732. The van der Waals surface area contributed by atoms with Crippen molar-refractivity contribution in [3.63, 3.8) is 0 Å². The number of carbonyl (C=O) groups is 2. The largest absolute Gasteiger partial charge is 0.480 e. The molecule has 1 atom stereocenters. The molecule has 0 spiro atoms. The fourth-order valence-corrected chi connectivity index (χ4v) is 0.988. The van der Waals surface area contributed by atoms with Crippen molar-refractivity contribution in [2.75, 3.05) is 13.2 Å². The second-order valence-electron chi connectivity index (χ2n) is 4.38. The molecule has 0 rings (SSSR count). The Hall–Kier alpha value is -1.33. The number of ether oxygens (including phenoxy) is 1. The Bertz CT molecular complexity index is 262. The third kappa shape index (κ3) is 4.95. The van der Waals surface area contributed by atoms with E-state index in [1.807, 2.05) is 0 Å². The molecule has 0 saturated carbocycles. The van der Waals surface area contributed by atoms with Crippen molar-refractivity contribution in [2.45, 2.75) is 39.3 Å². The number of carboxylic acids is 1. The van der Waals surface area contributed by atoms with Crippen LogP contribution in [0.1, 0.15) is 27.7 Å². The molecule has 0 aliphatic carbocycles. The van der Waals surface area contributed by atoms with E-state index in [-0.39, 0.29) is 6.54 Å². The minimum atomic E-state index is -1.20. The summed E-state index contributed by atoms with van der Waals surface area (Å²) in [6, 6.07) is -1.11. The zero-order valence-electron chi connectivity index (χ0n) is 9.99. The quantitative estimate of drug-likeness (QED) is 0.804. The molecule has 0 saturated heterocycles. The monoisotopic (exact) mass is 235 g/mol. The average Bonchev–Trinajstić information content (AvgIpc) is 2.09. The molecular formula is C10H18FNO4. The van der Waals surface area contributed by atoms with Crippen LogP contribution in [0.15, 0.2) is 0 Å². The lowest BCUT2D eigenvalue weighted by Gasteiger charge is -2.29. The first-order valence-electron chi connectivity index (χ1n) is 4.97. The van der Waals surface area contributed by atoms with E-state index in [9.17, 15) is 14.0 Å². The van der Waals surface area contributed by atoms with E-state index in [4.69, 9.17) is 9.84 Å². The number of halogens is 1. The number of aliphatic carboxylic acids is 1. The van der Waals surface area contributed by atoms with Gasteiger partial charge in [-0.1, -0.05) is 0 Å². The van der Waals surface area contributed by atoms with E-state index >= 15 is 0 Å². The lowest BCUT2D eigenvalue weighted by atomic mass is 10.2. The third-order valence-electron chi connectivity index (χ3n) is 1.78. The molecule has 0 bridgehead atoms. The number of carboxylic acid groups (broad SMARTS) is 1.